The average molecular weight is 545 g/mol. The van der Waals surface area contributed by atoms with Crippen molar-refractivity contribution in [2.45, 2.75) is 32.6 Å². The topological polar surface area (TPSA) is 75.2 Å². The van der Waals surface area contributed by atoms with E-state index < -0.39 is 35.3 Å². The zero-order valence-corrected chi connectivity index (χ0v) is 20.5. The van der Waals surface area contributed by atoms with Crippen LogP contribution in [0.15, 0.2) is 48.5 Å². The highest BCUT2D eigenvalue weighted by molar-refractivity contribution is 7.18. The third-order valence-corrected chi connectivity index (χ3v) is 5.96. The van der Waals surface area contributed by atoms with E-state index in [4.69, 9.17) is 0 Å². The Kier molecular flexibility index (Phi) is 8.57. The highest BCUT2D eigenvalue weighted by Crippen LogP contribution is 2.32. The lowest BCUT2D eigenvalue weighted by Crippen LogP contribution is -2.36. The Balaban J connectivity index is 1.61. The second-order valence-electron chi connectivity index (χ2n) is 8.51. The van der Waals surface area contributed by atoms with Gasteiger partial charge in [0.2, 0.25) is 11.0 Å². The van der Waals surface area contributed by atoms with Crippen LogP contribution in [0.5, 0.6) is 0 Å². The van der Waals surface area contributed by atoms with Gasteiger partial charge >= 0.3 is 12.4 Å². The maximum absolute atomic E-state index is 12.9. The fourth-order valence-electron chi connectivity index (χ4n) is 3.31. The Hall–Kier alpha value is -3.48. The number of rotatable bonds is 8. The molecule has 2 amide bonds. The van der Waals surface area contributed by atoms with E-state index >= 15 is 0 Å². The Morgan fingerprint density at radius 2 is 1.43 bits per heavy atom. The van der Waals surface area contributed by atoms with Crippen molar-refractivity contribution in [1.82, 2.24) is 15.1 Å². The quantitative estimate of drug-likeness (QED) is 0.335. The summed E-state index contributed by atoms with van der Waals surface area (Å²) in [4.78, 5) is 26.7. The van der Waals surface area contributed by atoms with Crippen LogP contribution in [-0.4, -0.2) is 40.0 Å². The number of amides is 2. The number of hydrogen-bond acceptors (Lipinski definition) is 5. The van der Waals surface area contributed by atoms with Gasteiger partial charge in [0.15, 0.2) is 0 Å². The van der Waals surface area contributed by atoms with Gasteiger partial charge in [-0.05, 0) is 42.3 Å². The summed E-state index contributed by atoms with van der Waals surface area (Å²) in [6, 6.07) is 8.22. The molecule has 0 aliphatic heterocycles. The van der Waals surface area contributed by atoms with E-state index in [0.717, 1.165) is 47.7 Å². The van der Waals surface area contributed by atoms with E-state index in [-0.39, 0.29) is 36.1 Å². The van der Waals surface area contributed by atoms with Crippen LogP contribution in [0.2, 0.25) is 0 Å². The SMILES string of the molecule is CC(C)CN(CCC(=O)Nc1nnc(-c2ccc(C(F)(F)F)cc2)s1)C(=O)c1ccc(C(F)(F)F)cc1. The monoisotopic (exact) mass is 544 g/mol. The lowest BCUT2D eigenvalue weighted by Gasteiger charge is -2.24. The molecule has 3 rings (SSSR count). The number of nitrogens with zero attached hydrogens (tertiary/aromatic N) is 3. The second-order valence-corrected chi connectivity index (χ2v) is 9.48. The van der Waals surface area contributed by atoms with Crippen molar-refractivity contribution in [2.75, 3.05) is 18.4 Å². The minimum atomic E-state index is -4.52. The van der Waals surface area contributed by atoms with Crippen LogP contribution in [-0.2, 0) is 17.1 Å². The number of carbonyl (C=O) groups is 2. The van der Waals surface area contributed by atoms with Gasteiger partial charge in [-0.3, -0.25) is 9.59 Å². The number of anilines is 1. The summed E-state index contributed by atoms with van der Waals surface area (Å²) in [5, 5.41) is 10.7. The van der Waals surface area contributed by atoms with Crippen LogP contribution in [0.25, 0.3) is 10.6 Å². The minimum absolute atomic E-state index is 0.00837. The predicted molar refractivity (Wildman–Crippen MR) is 126 cm³/mol. The van der Waals surface area contributed by atoms with Crippen LogP contribution >= 0.6 is 11.3 Å². The Morgan fingerprint density at radius 1 is 0.892 bits per heavy atom. The number of hydrogen-bond donors (Lipinski definition) is 1. The van der Waals surface area contributed by atoms with Crippen LogP contribution in [0.3, 0.4) is 0 Å². The largest absolute Gasteiger partial charge is 0.416 e. The van der Waals surface area contributed by atoms with Crippen molar-refractivity contribution in [3.05, 3.63) is 65.2 Å². The molecule has 13 heteroatoms. The van der Waals surface area contributed by atoms with Gasteiger partial charge in [0.1, 0.15) is 5.01 Å². The predicted octanol–water partition coefficient (Wildman–Crippen LogP) is 6.37. The molecule has 198 valence electrons. The van der Waals surface area contributed by atoms with Crippen LogP contribution in [0.1, 0.15) is 41.8 Å². The molecule has 1 aromatic heterocycles. The first-order valence-electron chi connectivity index (χ1n) is 11.0. The summed E-state index contributed by atoms with van der Waals surface area (Å²) >= 11 is 0.971. The van der Waals surface area contributed by atoms with Crippen molar-refractivity contribution >= 4 is 28.3 Å². The molecular weight excluding hydrogens is 522 g/mol. The van der Waals surface area contributed by atoms with Crippen LogP contribution in [0.4, 0.5) is 31.5 Å². The molecule has 0 radical (unpaired) electrons. The van der Waals surface area contributed by atoms with Crippen molar-refractivity contribution < 1.29 is 35.9 Å². The van der Waals surface area contributed by atoms with E-state index in [1.54, 1.807) is 0 Å². The average Bonchev–Trinajstić information content (AvgIpc) is 3.28. The highest BCUT2D eigenvalue weighted by Gasteiger charge is 2.31. The summed E-state index contributed by atoms with van der Waals surface area (Å²) in [5.74, 6) is -0.948. The maximum Gasteiger partial charge on any atom is 0.416 e. The van der Waals surface area contributed by atoms with E-state index in [1.165, 1.54) is 17.0 Å². The standard InChI is InChI=1S/C24H22F6N4O2S/c1-14(2)13-34(21(36)16-5-9-18(10-6-16)24(28,29)30)12-11-19(35)31-22-33-32-20(37-22)15-3-7-17(8-4-15)23(25,26)27/h3-10,14H,11-13H2,1-2H3,(H,31,33,35). The molecule has 1 N–H and O–H groups in total. The number of nitrogens with one attached hydrogen (secondary N) is 1. The summed E-state index contributed by atoms with van der Waals surface area (Å²) in [7, 11) is 0. The number of alkyl halides is 6. The molecule has 0 fully saturated rings. The molecule has 0 saturated carbocycles. The molecule has 37 heavy (non-hydrogen) atoms. The van der Waals surface area contributed by atoms with Gasteiger partial charge in [-0.2, -0.15) is 26.3 Å². The molecule has 0 spiro atoms. The van der Waals surface area contributed by atoms with Gasteiger partial charge < -0.3 is 10.2 Å². The van der Waals surface area contributed by atoms with E-state index in [0.29, 0.717) is 10.6 Å². The van der Waals surface area contributed by atoms with Crippen molar-refractivity contribution in [2.24, 2.45) is 5.92 Å². The molecule has 6 nitrogen and oxygen atoms in total. The number of halogens is 6. The van der Waals surface area contributed by atoms with Gasteiger partial charge in [0.05, 0.1) is 11.1 Å². The first-order valence-corrected chi connectivity index (χ1v) is 11.8. The summed E-state index contributed by atoms with van der Waals surface area (Å²) in [6.07, 6.45) is -9.10. The normalized spacial score (nSPS) is 12.0. The molecule has 0 bridgehead atoms. The van der Waals surface area contributed by atoms with Gasteiger partial charge in [-0.15, -0.1) is 10.2 Å². The molecular formula is C24H22F6N4O2S. The van der Waals surface area contributed by atoms with Gasteiger partial charge in [0.25, 0.3) is 5.91 Å². The van der Waals surface area contributed by atoms with Gasteiger partial charge in [-0.1, -0.05) is 37.3 Å². The Labute approximate surface area is 212 Å². The Bertz CT molecular complexity index is 1220. The molecule has 0 unspecified atom stereocenters. The second kappa shape index (κ2) is 11.3. The number of benzene rings is 2. The summed E-state index contributed by atoms with van der Waals surface area (Å²) in [6.45, 7) is 4.01. The first-order chi connectivity index (χ1) is 17.2. The van der Waals surface area contributed by atoms with E-state index in [1.807, 2.05) is 13.8 Å². The lowest BCUT2D eigenvalue weighted by atomic mass is 10.1. The van der Waals surface area contributed by atoms with Gasteiger partial charge in [-0.25, -0.2) is 0 Å². The summed E-state index contributed by atoms with van der Waals surface area (Å²) in [5.41, 5.74) is -1.20. The number of carbonyl (C=O) groups excluding carboxylic acids is 2. The lowest BCUT2D eigenvalue weighted by molar-refractivity contribution is -0.138. The third-order valence-electron chi connectivity index (χ3n) is 5.07. The molecule has 0 aliphatic carbocycles. The smallest absolute Gasteiger partial charge is 0.338 e. The molecule has 0 atom stereocenters. The minimum Gasteiger partial charge on any atom is -0.338 e. The van der Waals surface area contributed by atoms with Crippen molar-refractivity contribution in [1.29, 1.82) is 0 Å². The molecule has 1 heterocycles. The first kappa shape index (κ1) is 28.1. The number of aromatic nitrogens is 2. The van der Waals surface area contributed by atoms with Crippen LogP contribution in [0, 0.1) is 5.92 Å². The molecule has 0 aliphatic rings. The van der Waals surface area contributed by atoms with Crippen molar-refractivity contribution in [3.63, 3.8) is 0 Å². The highest BCUT2D eigenvalue weighted by atomic mass is 32.1. The maximum atomic E-state index is 12.9. The Morgan fingerprint density at radius 3 is 1.95 bits per heavy atom. The summed E-state index contributed by atoms with van der Waals surface area (Å²) < 4.78 is 76.6. The third kappa shape index (κ3) is 7.75. The molecule has 3 aromatic rings. The van der Waals surface area contributed by atoms with Crippen molar-refractivity contribution in [3.8, 4) is 10.6 Å². The van der Waals surface area contributed by atoms with E-state index in [2.05, 4.69) is 15.5 Å². The fourth-order valence-corrected chi connectivity index (χ4v) is 4.08. The fraction of sp³-hybridized carbons (Fsp3) is 0.333. The zero-order valence-electron chi connectivity index (χ0n) is 19.7. The molecule has 0 saturated heterocycles. The zero-order chi connectivity index (χ0) is 27.4. The van der Waals surface area contributed by atoms with Crippen LogP contribution < -0.4 is 5.32 Å². The molecule has 2 aromatic carbocycles. The van der Waals surface area contributed by atoms with Gasteiger partial charge in [0, 0.05) is 30.6 Å². The van der Waals surface area contributed by atoms with E-state index in [9.17, 15) is 35.9 Å².